The van der Waals surface area contributed by atoms with E-state index >= 15 is 0 Å². The molecule has 1 amide bonds. The minimum Gasteiger partial charge on any atom is -0.490 e. The molecule has 0 aliphatic heterocycles. The van der Waals surface area contributed by atoms with Crippen LogP contribution in [0, 0.1) is 0 Å². The molecular formula is C21H26N2O4. The molecule has 0 aliphatic rings. The van der Waals surface area contributed by atoms with E-state index in [1.54, 1.807) is 42.5 Å². The van der Waals surface area contributed by atoms with Crippen LogP contribution in [0.15, 0.2) is 42.5 Å². The fraction of sp³-hybridized carbons (Fsp3) is 0.333. The molecule has 0 heterocycles. The van der Waals surface area contributed by atoms with Gasteiger partial charge in [-0.25, -0.2) is 0 Å². The van der Waals surface area contributed by atoms with Gasteiger partial charge in [0.15, 0.2) is 17.3 Å². The molecule has 0 atom stereocenters. The number of rotatable bonds is 10. The van der Waals surface area contributed by atoms with E-state index in [-0.39, 0.29) is 11.7 Å². The van der Waals surface area contributed by atoms with Gasteiger partial charge < -0.3 is 20.1 Å². The molecule has 0 radical (unpaired) electrons. The molecule has 0 aromatic heterocycles. The second kappa shape index (κ2) is 10.3. The molecule has 0 saturated heterocycles. The third-order valence-electron chi connectivity index (χ3n) is 3.88. The summed E-state index contributed by atoms with van der Waals surface area (Å²) in [5.41, 5.74) is 1.15. The summed E-state index contributed by atoms with van der Waals surface area (Å²) in [6.07, 6.45) is 0. The van der Waals surface area contributed by atoms with Crippen molar-refractivity contribution in [2.45, 2.75) is 13.8 Å². The molecule has 2 aromatic rings. The molecule has 2 aromatic carbocycles. The second-order valence-corrected chi connectivity index (χ2v) is 5.76. The SMILES string of the molecule is CCOc1ccc(C(=O)c2ccccc2C(=O)NCCNC)cc1OCC. The fourth-order valence-corrected chi connectivity index (χ4v) is 2.62. The molecule has 144 valence electrons. The van der Waals surface area contributed by atoms with E-state index in [0.717, 1.165) is 0 Å². The average Bonchev–Trinajstić information content (AvgIpc) is 2.69. The summed E-state index contributed by atoms with van der Waals surface area (Å²) in [5.74, 6) is 0.596. The summed E-state index contributed by atoms with van der Waals surface area (Å²) in [7, 11) is 1.81. The molecule has 2 rings (SSSR count). The lowest BCUT2D eigenvalue weighted by atomic mass is 9.97. The van der Waals surface area contributed by atoms with Crippen molar-refractivity contribution in [3.63, 3.8) is 0 Å². The van der Waals surface area contributed by atoms with Gasteiger partial charge in [-0.05, 0) is 45.2 Å². The maximum atomic E-state index is 13.0. The minimum atomic E-state index is -0.273. The molecular weight excluding hydrogens is 344 g/mol. The quantitative estimate of drug-likeness (QED) is 0.497. The van der Waals surface area contributed by atoms with E-state index in [2.05, 4.69) is 10.6 Å². The van der Waals surface area contributed by atoms with E-state index in [4.69, 9.17) is 9.47 Å². The zero-order valence-corrected chi connectivity index (χ0v) is 16.0. The summed E-state index contributed by atoms with van der Waals surface area (Å²) in [5, 5.41) is 5.77. The Balaban J connectivity index is 2.32. The van der Waals surface area contributed by atoms with Crippen LogP contribution in [0.4, 0.5) is 0 Å². The zero-order valence-electron chi connectivity index (χ0n) is 16.0. The van der Waals surface area contributed by atoms with Gasteiger partial charge in [-0.1, -0.05) is 18.2 Å². The van der Waals surface area contributed by atoms with Crippen LogP contribution in [-0.4, -0.2) is 45.0 Å². The number of benzene rings is 2. The number of hydrogen-bond acceptors (Lipinski definition) is 5. The molecule has 2 N–H and O–H groups in total. The average molecular weight is 370 g/mol. The van der Waals surface area contributed by atoms with Crippen LogP contribution in [0.3, 0.4) is 0 Å². The van der Waals surface area contributed by atoms with Crippen LogP contribution in [0.25, 0.3) is 0 Å². The predicted molar refractivity (Wildman–Crippen MR) is 105 cm³/mol. The Morgan fingerprint density at radius 2 is 1.56 bits per heavy atom. The maximum Gasteiger partial charge on any atom is 0.252 e. The van der Waals surface area contributed by atoms with Gasteiger partial charge in [-0.2, -0.15) is 0 Å². The van der Waals surface area contributed by atoms with Crippen LogP contribution in [0.5, 0.6) is 11.5 Å². The first kappa shape index (κ1) is 20.5. The Hall–Kier alpha value is -2.86. The van der Waals surface area contributed by atoms with Crippen LogP contribution >= 0.6 is 0 Å². The summed E-state index contributed by atoms with van der Waals surface area (Å²) in [6.45, 7) is 5.85. The monoisotopic (exact) mass is 370 g/mol. The van der Waals surface area contributed by atoms with Crippen molar-refractivity contribution < 1.29 is 19.1 Å². The van der Waals surface area contributed by atoms with Crippen molar-refractivity contribution >= 4 is 11.7 Å². The van der Waals surface area contributed by atoms with Crippen molar-refractivity contribution in [2.24, 2.45) is 0 Å². The Bertz CT molecular complexity index is 790. The lowest BCUT2D eigenvalue weighted by Crippen LogP contribution is -2.31. The first-order valence-electron chi connectivity index (χ1n) is 9.08. The molecule has 0 unspecified atom stereocenters. The van der Waals surface area contributed by atoms with Gasteiger partial charge in [0.1, 0.15) is 0 Å². The highest BCUT2D eigenvalue weighted by Crippen LogP contribution is 2.29. The second-order valence-electron chi connectivity index (χ2n) is 5.76. The highest BCUT2D eigenvalue weighted by molar-refractivity contribution is 6.15. The van der Waals surface area contributed by atoms with Gasteiger partial charge in [-0.3, -0.25) is 9.59 Å². The van der Waals surface area contributed by atoms with Crippen molar-refractivity contribution in [1.82, 2.24) is 10.6 Å². The lowest BCUT2D eigenvalue weighted by molar-refractivity contribution is 0.0942. The zero-order chi connectivity index (χ0) is 19.6. The topological polar surface area (TPSA) is 76.7 Å². The van der Waals surface area contributed by atoms with Crippen molar-refractivity contribution in [3.8, 4) is 11.5 Å². The highest BCUT2D eigenvalue weighted by Gasteiger charge is 2.19. The van der Waals surface area contributed by atoms with Gasteiger partial charge in [0.2, 0.25) is 0 Å². The van der Waals surface area contributed by atoms with Crippen molar-refractivity contribution in [3.05, 3.63) is 59.2 Å². The molecule has 0 saturated carbocycles. The summed E-state index contributed by atoms with van der Waals surface area (Å²) in [4.78, 5) is 25.5. The van der Waals surface area contributed by atoms with Crippen molar-refractivity contribution in [1.29, 1.82) is 0 Å². The number of nitrogens with one attached hydrogen (secondary N) is 2. The van der Waals surface area contributed by atoms with Crippen LogP contribution < -0.4 is 20.1 Å². The number of likely N-dealkylation sites (N-methyl/N-ethyl adjacent to an activating group) is 1. The van der Waals surface area contributed by atoms with Gasteiger partial charge in [-0.15, -0.1) is 0 Å². The number of ether oxygens (including phenoxy) is 2. The van der Waals surface area contributed by atoms with Crippen LogP contribution in [0.2, 0.25) is 0 Å². The minimum absolute atomic E-state index is 0.238. The Kier molecular flexibility index (Phi) is 7.82. The number of amides is 1. The number of carbonyl (C=O) groups excluding carboxylic acids is 2. The van der Waals surface area contributed by atoms with Crippen molar-refractivity contribution in [2.75, 3.05) is 33.4 Å². The van der Waals surface area contributed by atoms with Gasteiger partial charge in [0.05, 0.1) is 18.8 Å². The summed E-state index contributed by atoms with van der Waals surface area (Å²) >= 11 is 0. The van der Waals surface area contributed by atoms with Gasteiger partial charge in [0, 0.05) is 24.2 Å². The summed E-state index contributed by atoms with van der Waals surface area (Å²) in [6, 6.07) is 11.9. The lowest BCUT2D eigenvalue weighted by Gasteiger charge is -2.13. The first-order valence-corrected chi connectivity index (χ1v) is 9.08. The number of ketones is 1. The largest absolute Gasteiger partial charge is 0.490 e. The third-order valence-corrected chi connectivity index (χ3v) is 3.88. The smallest absolute Gasteiger partial charge is 0.252 e. The molecule has 0 bridgehead atoms. The number of hydrogen-bond donors (Lipinski definition) is 2. The van der Waals surface area contributed by atoms with E-state index in [9.17, 15) is 9.59 Å². The summed E-state index contributed by atoms with van der Waals surface area (Å²) < 4.78 is 11.1. The third kappa shape index (κ3) is 5.31. The fourth-order valence-electron chi connectivity index (χ4n) is 2.62. The molecule has 0 fully saturated rings. The Labute approximate surface area is 159 Å². The Morgan fingerprint density at radius 1 is 0.889 bits per heavy atom. The molecule has 0 spiro atoms. The maximum absolute atomic E-state index is 13.0. The van der Waals surface area contributed by atoms with Crippen LogP contribution in [0.1, 0.15) is 40.1 Å². The molecule has 6 heteroatoms. The van der Waals surface area contributed by atoms with Gasteiger partial charge in [0.25, 0.3) is 5.91 Å². The first-order chi connectivity index (χ1) is 13.1. The molecule has 6 nitrogen and oxygen atoms in total. The van der Waals surface area contributed by atoms with E-state index < -0.39 is 0 Å². The normalized spacial score (nSPS) is 10.3. The van der Waals surface area contributed by atoms with E-state index in [1.807, 2.05) is 20.9 Å². The van der Waals surface area contributed by atoms with E-state index in [1.165, 1.54) is 0 Å². The van der Waals surface area contributed by atoms with E-state index in [0.29, 0.717) is 54.5 Å². The molecule has 27 heavy (non-hydrogen) atoms. The Morgan fingerprint density at radius 3 is 2.22 bits per heavy atom. The predicted octanol–water partition coefficient (Wildman–Crippen LogP) is 2.66. The standard InChI is InChI=1S/C21H26N2O4/c1-4-26-18-11-10-15(14-19(18)27-5-2)20(24)16-8-6-7-9-17(16)21(25)23-13-12-22-3/h6-11,14,22H,4-5,12-13H2,1-3H3,(H,23,25). The number of carbonyl (C=O) groups is 2. The highest BCUT2D eigenvalue weighted by atomic mass is 16.5. The molecule has 0 aliphatic carbocycles. The van der Waals surface area contributed by atoms with Crippen LogP contribution in [-0.2, 0) is 0 Å². The van der Waals surface area contributed by atoms with Gasteiger partial charge >= 0.3 is 0 Å².